The predicted octanol–water partition coefficient (Wildman–Crippen LogP) is 1.83. The second kappa shape index (κ2) is 5.14. The summed E-state index contributed by atoms with van der Waals surface area (Å²) < 4.78 is 5.18. The molecule has 0 fully saturated rings. The van der Waals surface area contributed by atoms with Crippen molar-refractivity contribution in [3.05, 3.63) is 36.2 Å². The van der Waals surface area contributed by atoms with Crippen LogP contribution in [0.25, 0.3) is 11.2 Å². The minimum Gasteiger partial charge on any atom is -0.380 e. The Morgan fingerprint density at radius 1 is 1.30 bits per heavy atom. The number of hydrogen-bond acceptors (Lipinski definition) is 6. The second-order valence-electron chi connectivity index (χ2n) is 4.25. The number of imidazole rings is 1. The number of fused-ring (bicyclic) bond motifs is 1. The quantitative estimate of drug-likeness (QED) is 0.668. The van der Waals surface area contributed by atoms with Crippen molar-refractivity contribution in [1.29, 1.82) is 0 Å². The highest BCUT2D eigenvalue weighted by Gasteiger charge is 2.10. The smallest absolute Gasteiger partial charge is 0.224 e. The predicted molar refractivity (Wildman–Crippen MR) is 76.5 cm³/mol. The van der Waals surface area contributed by atoms with E-state index < -0.39 is 0 Å². The zero-order chi connectivity index (χ0) is 13.9. The van der Waals surface area contributed by atoms with E-state index >= 15 is 0 Å². The maximum absolute atomic E-state index is 5.69. The summed E-state index contributed by atoms with van der Waals surface area (Å²) in [6.45, 7) is 0.510. The summed E-state index contributed by atoms with van der Waals surface area (Å²) in [5, 5.41) is 3.24. The summed E-state index contributed by atoms with van der Waals surface area (Å²) in [5.41, 5.74) is 8.87. The molecule has 2 aromatic heterocycles. The van der Waals surface area contributed by atoms with Crippen LogP contribution in [0.15, 0.2) is 30.6 Å². The van der Waals surface area contributed by atoms with Crippen molar-refractivity contribution in [1.82, 2.24) is 19.9 Å². The van der Waals surface area contributed by atoms with Gasteiger partial charge in [0.05, 0.1) is 12.9 Å². The topological polar surface area (TPSA) is 102 Å². The van der Waals surface area contributed by atoms with Crippen LogP contribution < -0.4 is 11.1 Å². The number of H-pyrrole nitrogens is 1. The molecule has 7 heteroatoms. The van der Waals surface area contributed by atoms with Gasteiger partial charge in [0.1, 0.15) is 5.52 Å². The van der Waals surface area contributed by atoms with E-state index in [1.165, 1.54) is 0 Å². The molecule has 0 aliphatic carbocycles. The Balaban J connectivity index is 2.03. The third-order valence-electron chi connectivity index (χ3n) is 2.87. The molecule has 4 N–H and O–H groups in total. The van der Waals surface area contributed by atoms with Crippen LogP contribution in [-0.2, 0) is 11.3 Å². The molecular formula is C13H14N6O. The number of aromatic nitrogens is 4. The summed E-state index contributed by atoms with van der Waals surface area (Å²) in [7, 11) is 1.66. The summed E-state index contributed by atoms with van der Waals surface area (Å²) >= 11 is 0. The molecular weight excluding hydrogens is 256 g/mol. The van der Waals surface area contributed by atoms with E-state index in [4.69, 9.17) is 10.5 Å². The van der Waals surface area contributed by atoms with Gasteiger partial charge in [-0.3, -0.25) is 0 Å². The maximum atomic E-state index is 5.69. The molecule has 0 radical (unpaired) electrons. The highest BCUT2D eigenvalue weighted by molar-refractivity contribution is 5.86. The number of nitrogen functional groups attached to an aromatic ring is 1. The summed E-state index contributed by atoms with van der Waals surface area (Å²) in [4.78, 5) is 15.4. The van der Waals surface area contributed by atoms with E-state index in [9.17, 15) is 0 Å². The van der Waals surface area contributed by atoms with Crippen molar-refractivity contribution in [2.24, 2.45) is 0 Å². The molecule has 0 bridgehead atoms. The van der Waals surface area contributed by atoms with Crippen molar-refractivity contribution in [2.45, 2.75) is 6.61 Å². The number of anilines is 3. The van der Waals surface area contributed by atoms with Gasteiger partial charge in [-0.25, -0.2) is 4.98 Å². The Morgan fingerprint density at radius 3 is 3.00 bits per heavy atom. The van der Waals surface area contributed by atoms with E-state index in [2.05, 4.69) is 25.3 Å². The average Bonchev–Trinajstić information content (AvgIpc) is 2.89. The molecule has 0 aliphatic rings. The zero-order valence-corrected chi connectivity index (χ0v) is 10.9. The average molecular weight is 270 g/mol. The van der Waals surface area contributed by atoms with E-state index in [0.717, 1.165) is 11.3 Å². The minimum absolute atomic E-state index is 0.177. The largest absolute Gasteiger partial charge is 0.380 e. The lowest BCUT2D eigenvalue weighted by Crippen LogP contribution is -2.03. The van der Waals surface area contributed by atoms with Crippen molar-refractivity contribution in [2.75, 3.05) is 18.2 Å². The molecule has 0 saturated carbocycles. The van der Waals surface area contributed by atoms with Crippen LogP contribution >= 0.6 is 0 Å². The van der Waals surface area contributed by atoms with E-state index in [0.29, 0.717) is 23.6 Å². The number of benzene rings is 1. The summed E-state index contributed by atoms with van der Waals surface area (Å²) in [6.07, 6.45) is 1.56. The van der Waals surface area contributed by atoms with Gasteiger partial charge in [-0.05, 0) is 6.07 Å². The van der Waals surface area contributed by atoms with Gasteiger partial charge in [-0.15, -0.1) is 0 Å². The van der Waals surface area contributed by atoms with E-state index in [1.807, 2.05) is 24.3 Å². The van der Waals surface area contributed by atoms with E-state index in [1.54, 1.807) is 13.4 Å². The normalized spacial score (nSPS) is 10.8. The first kappa shape index (κ1) is 12.4. The zero-order valence-electron chi connectivity index (χ0n) is 10.9. The molecule has 2 heterocycles. The highest BCUT2D eigenvalue weighted by Crippen LogP contribution is 2.24. The van der Waals surface area contributed by atoms with Crippen molar-refractivity contribution in [3.63, 3.8) is 0 Å². The fourth-order valence-electron chi connectivity index (χ4n) is 1.99. The highest BCUT2D eigenvalue weighted by atomic mass is 16.5. The van der Waals surface area contributed by atoms with Crippen LogP contribution in [0.4, 0.5) is 17.5 Å². The van der Waals surface area contributed by atoms with Crippen LogP contribution in [-0.4, -0.2) is 27.0 Å². The van der Waals surface area contributed by atoms with Crippen molar-refractivity contribution in [3.8, 4) is 0 Å². The van der Waals surface area contributed by atoms with Crippen LogP contribution in [0.5, 0.6) is 0 Å². The van der Waals surface area contributed by atoms with Gasteiger partial charge < -0.3 is 20.8 Å². The fraction of sp³-hybridized carbons (Fsp3) is 0.154. The van der Waals surface area contributed by atoms with Crippen molar-refractivity contribution >= 4 is 28.6 Å². The van der Waals surface area contributed by atoms with E-state index in [-0.39, 0.29) is 5.95 Å². The summed E-state index contributed by atoms with van der Waals surface area (Å²) in [6, 6.07) is 7.84. The lowest BCUT2D eigenvalue weighted by Gasteiger charge is -2.11. The molecule has 0 unspecified atom stereocenters. The second-order valence-corrected chi connectivity index (χ2v) is 4.25. The first-order valence-corrected chi connectivity index (χ1v) is 6.08. The molecule has 0 spiro atoms. The Morgan fingerprint density at radius 2 is 2.15 bits per heavy atom. The van der Waals surface area contributed by atoms with Gasteiger partial charge in [0, 0.05) is 18.4 Å². The molecule has 3 aromatic rings. The van der Waals surface area contributed by atoms with Gasteiger partial charge in [-0.2, -0.15) is 9.97 Å². The Hall–Kier alpha value is -2.67. The lowest BCUT2D eigenvalue weighted by molar-refractivity contribution is 0.185. The molecule has 0 amide bonds. The fourth-order valence-corrected chi connectivity index (χ4v) is 1.99. The number of aromatic amines is 1. The molecule has 1 aromatic carbocycles. The van der Waals surface area contributed by atoms with Gasteiger partial charge in [-0.1, -0.05) is 18.2 Å². The lowest BCUT2D eigenvalue weighted by atomic mass is 10.2. The maximum Gasteiger partial charge on any atom is 0.224 e. The monoisotopic (exact) mass is 270 g/mol. The molecule has 0 aliphatic heterocycles. The number of hydrogen-bond donors (Lipinski definition) is 3. The van der Waals surface area contributed by atoms with Gasteiger partial charge >= 0.3 is 0 Å². The summed E-state index contributed by atoms with van der Waals surface area (Å²) in [5.74, 6) is 0.768. The van der Waals surface area contributed by atoms with Crippen molar-refractivity contribution < 1.29 is 4.74 Å². The van der Waals surface area contributed by atoms with Gasteiger partial charge in [0.2, 0.25) is 5.95 Å². The molecule has 0 atom stereocenters. The van der Waals surface area contributed by atoms with Gasteiger partial charge in [0.25, 0.3) is 0 Å². The molecule has 20 heavy (non-hydrogen) atoms. The first-order chi connectivity index (χ1) is 9.78. The molecule has 0 saturated heterocycles. The number of rotatable bonds is 4. The number of methoxy groups -OCH3 is 1. The van der Waals surface area contributed by atoms with Crippen LogP contribution in [0.3, 0.4) is 0 Å². The SMILES string of the molecule is COCc1ccccc1Nc1nc(N)nc2nc[nH]c12. The van der Waals surface area contributed by atoms with Crippen LogP contribution in [0.2, 0.25) is 0 Å². The number of para-hydroxylation sites is 1. The number of nitrogens with zero attached hydrogens (tertiary/aromatic N) is 3. The molecule has 3 rings (SSSR count). The number of nitrogens with two attached hydrogens (primary N) is 1. The molecule has 102 valence electrons. The van der Waals surface area contributed by atoms with Crippen LogP contribution in [0.1, 0.15) is 5.56 Å². The Bertz CT molecular complexity index is 739. The number of nitrogens with one attached hydrogen (secondary N) is 2. The minimum atomic E-state index is 0.177. The third kappa shape index (κ3) is 2.26. The van der Waals surface area contributed by atoms with Gasteiger partial charge in [0.15, 0.2) is 11.5 Å². The van der Waals surface area contributed by atoms with Crippen LogP contribution in [0, 0.1) is 0 Å². The Kier molecular flexibility index (Phi) is 3.18. The third-order valence-corrected chi connectivity index (χ3v) is 2.87. The Labute approximate surface area is 115 Å². The number of ether oxygens (including phenoxy) is 1. The standard InChI is InChI=1S/C13H14N6O/c1-20-6-8-4-2-3-5-9(8)17-12-10-11(16-7-15-10)18-13(14)19-12/h2-5,7H,6H2,1H3,(H4,14,15,16,17,18,19). The first-order valence-electron chi connectivity index (χ1n) is 6.08. The molecule has 7 nitrogen and oxygen atoms in total.